The van der Waals surface area contributed by atoms with Gasteiger partial charge in [-0.1, -0.05) is 0 Å². The van der Waals surface area contributed by atoms with E-state index in [2.05, 4.69) is 0 Å². The van der Waals surface area contributed by atoms with E-state index in [1.165, 1.54) is 6.92 Å². The lowest BCUT2D eigenvalue weighted by Gasteiger charge is -2.34. The number of hydrogen-bond donors (Lipinski definition) is 0. The normalized spacial score (nSPS) is 44.4. The molecule has 0 aliphatic carbocycles. The van der Waals surface area contributed by atoms with Gasteiger partial charge in [0.05, 0.1) is 12.0 Å². The van der Waals surface area contributed by atoms with E-state index in [4.69, 9.17) is 14.2 Å². The maximum absolute atomic E-state index is 13.5. The van der Waals surface area contributed by atoms with E-state index < -0.39 is 29.5 Å². The minimum atomic E-state index is -2.85. The van der Waals surface area contributed by atoms with Gasteiger partial charge in [-0.2, -0.15) is 0 Å². The smallest absolute Gasteiger partial charge is 0.255 e. The highest BCUT2D eigenvalue weighted by molar-refractivity contribution is 5.01. The molecule has 2 fully saturated rings. The Morgan fingerprint density at radius 3 is 2.33 bits per heavy atom. The monoisotopic (exact) mass is 222 g/mol. The van der Waals surface area contributed by atoms with Crippen molar-refractivity contribution < 1.29 is 23.0 Å². The summed E-state index contributed by atoms with van der Waals surface area (Å²) in [5, 5.41) is 0. The van der Waals surface area contributed by atoms with Gasteiger partial charge in [-0.25, -0.2) is 8.78 Å². The van der Waals surface area contributed by atoms with Crippen LogP contribution in [0.5, 0.6) is 0 Å². The van der Waals surface area contributed by atoms with Crippen LogP contribution in [0.2, 0.25) is 0 Å². The molecule has 2 rings (SSSR count). The van der Waals surface area contributed by atoms with Gasteiger partial charge in [-0.3, -0.25) is 0 Å². The number of alkyl halides is 2. The van der Waals surface area contributed by atoms with Crippen LogP contribution in [0, 0.1) is 5.41 Å². The second kappa shape index (κ2) is 2.90. The van der Waals surface area contributed by atoms with E-state index in [1.54, 1.807) is 13.8 Å². The van der Waals surface area contributed by atoms with Crippen molar-refractivity contribution in [1.29, 1.82) is 0 Å². The molecule has 0 N–H and O–H groups in total. The SMILES string of the molecule is CC1(C)OC2OCC(C)(C(C)(F)F)C2O1. The van der Waals surface area contributed by atoms with Crippen LogP contribution in [0.25, 0.3) is 0 Å². The molecule has 5 heteroatoms. The number of hydrogen-bond acceptors (Lipinski definition) is 3. The van der Waals surface area contributed by atoms with Gasteiger partial charge in [0.15, 0.2) is 12.1 Å². The van der Waals surface area contributed by atoms with Crippen molar-refractivity contribution in [2.24, 2.45) is 5.41 Å². The van der Waals surface area contributed by atoms with Gasteiger partial charge in [-0.15, -0.1) is 0 Å². The van der Waals surface area contributed by atoms with Crippen molar-refractivity contribution >= 4 is 0 Å². The molecule has 2 aliphatic rings. The van der Waals surface area contributed by atoms with Crippen LogP contribution in [-0.2, 0) is 14.2 Å². The van der Waals surface area contributed by atoms with Crippen LogP contribution in [0.4, 0.5) is 8.78 Å². The predicted octanol–water partition coefficient (Wildman–Crippen LogP) is 2.16. The second-order valence-corrected chi connectivity index (χ2v) is 5.04. The summed E-state index contributed by atoms with van der Waals surface area (Å²) in [5.74, 6) is -3.70. The first-order chi connectivity index (χ1) is 6.66. The van der Waals surface area contributed by atoms with Crippen molar-refractivity contribution in [2.75, 3.05) is 6.61 Å². The lowest BCUT2D eigenvalue weighted by Crippen LogP contribution is -2.47. The molecule has 0 aromatic carbocycles. The zero-order valence-electron chi connectivity index (χ0n) is 9.34. The molecule has 3 atom stereocenters. The lowest BCUT2D eigenvalue weighted by atomic mass is 9.81. The quantitative estimate of drug-likeness (QED) is 0.680. The molecule has 15 heavy (non-hydrogen) atoms. The Balaban J connectivity index is 2.26. The fraction of sp³-hybridized carbons (Fsp3) is 1.00. The third-order valence-corrected chi connectivity index (χ3v) is 3.24. The largest absolute Gasteiger partial charge is 0.349 e. The van der Waals surface area contributed by atoms with Gasteiger partial charge in [0.1, 0.15) is 6.10 Å². The van der Waals surface area contributed by atoms with Gasteiger partial charge in [0.25, 0.3) is 5.92 Å². The molecule has 0 aromatic rings. The van der Waals surface area contributed by atoms with Gasteiger partial charge in [-0.05, 0) is 20.8 Å². The molecule has 0 spiro atoms. The van der Waals surface area contributed by atoms with Crippen LogP contribution in [0.3, 0.4) is 0 Å². The highest BCUT2D eigenvalue weighted by Gasteiger charge is 2.64. The standard InChI is InChI=1S/C10H16F2O3/c1-8(2)14-6-7(15-8)13-5-9(6,3)10(4,11)12/h6-7H,5H2,1-4H3. The topological polar surface area (TPSA) is 27.7 Å². The van der Waals surface area contributed by atoms with E-state index in [1.807, 2.05) is 0 Å². The van der Waals surface area contributed by atoms with Gasteiger partial charge in [0, 0.05) is 6.92 Å². The Labute approximate surface area is 87.7 Å². The van der Waals surface area contributed by atoms with Crippen molar-refractivity contribution in [3.63, 3.8) is 0 Å². The molecular weight excluding hydrogens is 206 g/mol. The summed E-state index contributed by atoms with van der Waals surface area (Å²) in [6.45, 7) is 5.73. The molecule has 88 valence electrons. The molecular formula is C10H16F2O3. The number of ether oxygens (including phenoxy) is 3. The third kappa shape index (κ3) is 1.57. The van der Waals surface area contributed by atoms with Gasteiger partial charge >= 0.3 is 0 Å². The zero-order chi connectivity index (χ0) is 11.5. The number of halogens is 2. The molecule has 0 saturated carbocycles. The van der Waals surface area contributed by atoms with Crippen molar-refractivity contribution in [3.05, 3.63) is 0 Å². The van der Waals surface area contributed by atoms with Crippen LogP contribution >= 0.6 is 0 Å². The Kier molecular flexibility index (Phi) is 2.17. The van der Waals surface area contributed by atoms with Gasteiger partial charge < -0.3 is 14.2 Å². The highest BCUT2D eigenvalue weighted by atomic mass is 19.3. The van der Waals surface area contributed by atoms with E-state index in [9.17, 15) is 8.78 Å². The number of fused-ring (bicyclic) bond motifs is 1. The average molecular weight is 222 g/mol. The summed E-state index contributed by atoms with van der Waals surface area (Å²) in [6, 6.07) is 0. The van der Waals surface area contributed by atoms with Crippen molar-refractivity contribution in [1.82, 2.24) is 0 Å². The Hall–Kier alpha value is -0.260. The molecule has 3 unspecified atom stereocenters. The summed E-state index contributed by atoms with van der Waals surface area (Å²) in [5.41, 5.74) is -1.31. The fourth-order valence-corrected chi connectivity index (χ4v) is 2.00. The Morgan fingerprint density at radius 1 is 1.20 bits per heavy atom. The Bertz CT molecular complexity index is 274. The molecule has 2 aliphatic heterocycles. The van der Waals surface area contributed by atoms with Crippen LogP contribution in [0.1, 0.15) is 27.7 Å². The Morgan fingerprint density at radius 2 is 1.80 bits per heavy atom. The summed E-state index contributed by atoms with van der Waals surface area (Å²) in [6.07, 6.45) is -1.37. The van der Waals surface area contributed by atoms with Crippen LogP contribution < -0.4 is 0 Å². The summed E-state index contributed by atoms with van der Waals surface area (Å²) in [7, 11) is 0. The van der Waals surface area contributed by atoms with Crippen molar-refractivity contribution in [2.45, 2.75) is 51.8 Å². The first-order valence-corrected chi connectivity index (χ1v) is 5.01. The fourth-order valence-electron chi connectivity index (χ4n) is 2.00. The molecule has 0 bridgehead atoms. The minimum Gasteiger partial charge on any atom is -0.349 e. The maximum Gasteiger partial charge on any atom is 0.255 e. The average Bonchev–Trinajstić information content (AvgIpc) is 2.47. The van der Waals surface area contributed by atoms with Gasteiger partial charge in [0.2, 0.25) is 0 Å². The summed E-state index contributed by atoms with van der Waals surface area (Å²) in [4.78, 5) is 0. The van der Waals surface area contributed by atoms with E-state index >= 15 is 0 Å². The molecule has 0 radical (unpaired) electrons. The molecule has 3 nitrogen and oxygen atoms in total. The first-order valence-electron chi connectivity index (χ1n) is 5.01. The molecule has 2 heterocycles. The third-order valence-electron chi connectivity index (χ3n) is 3.24. The second-order valence-electron chi connectivity index (χ2n) is 5.04. The molecule has 0 amide bonds. The highest BCUT2D eigenvalue weighted by Crippen LogP contribution is 2.51. The lowest BCUT2D eigenvalue weighted by molar-refractivity contribution is -0.222. The maximum atomic E-state index is 13.5. The van der Waals surface area contributed by atoms with E-state index in [0.29, 0.717) is 0 Å². The summed E-state index contributed by atoms with van der Waals surface area (Å²) >= 11 is 0. The predicted molar refractivity (Wildman–Crippen MR) is 48.5 cm³/mol. The number of rotatable bonds is 1. The molecule has 0 aromatic heterocycles. The van der Waals surface area contributed by atoms with E-state index in [-0.39, 0.29) is 6.61 Å². The minimum absolute atomic E-state index is 0.0398. The summed E-state index contributed by atoms with van der Waals surface area (Å²) < 4.78 is 43.1. The molecule has 2 saturated heterocycles. The first kappa shape index (κ1) is 11.2. The van der Waals surface area contributed by atoms with Crippen LogP contribution in [0.15, 0.2) is 0 Å². The van der Waals surface area contributed by atoms with Crippen molar-refractivity contribution in [3.8, 4) is 0 Å². The van der Waals surface area contributed by atoms with E-state index in [0.717, 1.165) is 6.92 Å². The zero-order valence-corrected chi connectivity index (χ0v) is 9.34. The van der Waals surface area contributed by atoms with Crippen LogP contribution in [-0.4, -0.2) is 30.7 Å².